The molecule has 15 heavy (non-hydrogen) atoms. The molecular formula is C12H27N3. The summed E-state index contributed by atoms with van der Waals surface area (Å²) in [4.78, 5) is 4.97. The minimum atomic E-state index is 0.640. The third-order valence-electron chi connectivity index (χ3n) is 3.63. The van der Waals surface area contributed by atoms with Crippen molar-refractivity contribution in [2.24, 2.45) is 0 Å². The van der Waals surface area contributed by atoms with Gasteiger partial charge < -0.3 is 15.1 Å². The second-order valence-corrected chi connectivity index (χ2v) is 4.89. The van der Waals surface area contributed by atoms with Gasteiger partial charge in [-0.2, -0.15) is 0 Å². The van der Waals surface area contributed by atoms with Gasteiger partial charge in [-0.25, -0.2) is 0 Å². The first-order valence-corrected chi connectivity index (χ1v) is 6.23. The van der Waals surface area contributed by atoms with Crippen molar-refractivity contribution >= 4 is 0 Å². The van der Waals surface area contributed by atoms with Gasteiger partial charge in [0.1, 0.15) is 0 Å². The summed E-state index contributed by atoms with van der Waals surface area (Å²) in [6.07, 6.45) is 3.96. The number of nitrogens with one attached hydrogen (secondary N) is 1. The lowest BCUT2D eigenvalue weighted by Crippen LogP contribution is -2.42. The molecule has 1 fully saturated rings. The molecule has 90 valence electrons. The van der Waals surface area contributed by atoms with Gasteiger partial charge in [-0.1, -0.05) is 6.92 Å². The SMILES string of the molecule is CCC(CN(C)CC1CCCN1C)NC. The molecule has 0 aliphatic carbocycles. The zero-order valence-corrected chi connectivity index (χ0v) is 10.8. The van der Waals surface area contributed by atoms with Gasteiger partial charge in [0.15, 0.2) is 0 Å². The van der Waals surface area contributed by atoms with Crippen molar-refractivity contribution in [2.75, 3.05) is 40.8 Å². The van der Waals surface area contributed by atoms with E-state index in [1.54, 1.807) is 0 Å². The Morgan fingerprint density at radius 1 is 1.53 bits per heavy atom. The summed E-state index contributed by atoms with van der Waals surface area (Å²) in [5, 5.41) is 3.36. The lowest BCUT2D eigenvalue weighted by molar-refractivity contribution is 0.206. The van der Waals surface area contributed by atoms with Gasteiger partial charge >= 0.3 is 0 Å². The zero-order chi connectivity index (χ0) is 11.3. The minimum Gasteiger partial charge on any atom is -0.316 e. The lowest BCUT2D eigenvalue weighted by atomic mass is 10.2. The Morgan fingerprint density at radius 3 is 2.73 bits per heavy atom. The van der Waals surface area contributed by atoms with E-state index in [9.17, 15) is 0 Å². The summed E-state index contributed by atoms with van der Waals surface area (Å²) < 4.78 is 0. The van der Waals surface area contributed by atoms with E-state index in [-0.39, 0.29) is 0 Å². The second kappa shape index (κ2) is 6.46. The number of likely N-dealkylation sites (N-methyl/N-ethyl adjacent to an activating group) is 3. The van der Waals surface area contributed by atoms with Crippen LogP contribution in [0.1, 0.15) is 26.2 Å². The molecule has 1 heterocycles. The molecule has 1 saturated heterocycles. The van der Waals surface area contributed by atoms with E-state index in [1.165, 1.54) is 32.4 Å². The Morgan fingerprint density at radius 2 is 2.27 bits per heavy atom. The van der Waals surface area contributed by atoms with Crippen LogP contribution in [0.4, 0.5) is 0 Å². The van der Waals surface area contributed by atoms with E-state index >= 15 is 0 Å². The third kappa shape index (κ3) is 4.09. The van der Waals surface area contributed by atoms with Gasteiger partial charge in [-0.15, -0.1) is 0 Å². The van der Waals surface area contributed by atoms with Gasteiger partial charge in [-0.3, -0.25) is 0 Å². The number of likely N-dealkylation sites (tertiary alicyclic amines) is 1. The van der Waals surface area contributed by atoms with Crippen LogP contribution in [0.2, 0.25) is 0 Å². The first kappa shape index (κ1) is 12.9. The smallest absolute Gasteiger partial charge is 0.0220 e. The van der Waals surface area contributed by atoms with Crippen LogP contribution in [0.3, 0.4) is 0 Å². The highest BCUT2D eigenvalue weighted by molar-refractivity contribution is 4.80. The summed E-state index contributed by atoms with van der Waals surface area (Å²) in [6, 6.07) is 1.42. The highest BCUT2D eigenvalue weighted by atomic mass is 15.2. The zero-order valence-electron chi connectivity index (χ0n) is 10.8. The van der Waals surface area contributed by atoms with Gasteiger partial charge in [0.05, 0.1) is 0 Å². The molecule has 1 rings (SSSR count). The van der Waals surface area contributed by atoms with Gasteiger partial charge in [0.2, 0.25) is 0 Å². The predicted molar refractivity (Wildman–Crippen MR) is 66.3 cm³/mol. The molecule has 1 aliphatic heterocycles. The Bertz CT molecular complexity index is 168. The molecule has 0 aromatic carbocycles. The van der Waals surface area contributed by atoms with Crippen LogP contribution in [0.5, 0.6) is 0 Å². The number of rotatable bonds is 6. The van der Waals surface area contributed by atoms with Crippen molar-refractivity contribution in [1.82, 2.24) is 15.1 Å². The van der Waals surface area contributed by atoms with Gasteiger partial charge in [0, 0.05) is 25.2 Å². The molecule has 1 N–H and O–H groups in total. The molecule has 0 spiro atoms. The van der Waals surface area contributed by atoms with Crippen LogP contribution in [-0.2, 0) is 0 Å². The Hall–Kier alpha value is -0.120. The number of hydrogen-bond donors (Lipinski definition) is 1. The van der Waals surface area contributed by atoms with Gasteiger partial charge in [0.25, 0.3) is 0 Å². The fourth-order valence-corrected chi connectivity index (χ4v) is 2.44. The normalized spacial score (nSPS) is 25.0. The average molecular weight is 213 g/mol. The maximum Gasteiger partial charge on any atom is 0.0220 e. The van der Waals surface area contributed by atoms with Crippen molar-refractivity contribution in [3.63, 3.8) is 0 Å². The Kier molecular flexibility index (Phi) is 5.58. The van der Waals surface area contributed by atoms with Crippen LogP contribution in [-0.4, -0.2) is 62.7 Å². The molecule has 3 nitrogen and oxygen atoms in total. The maximum absolute atomic E-state index is 3.36. The fraction of sp³-hybridized carbons (Fsp3) is 1.00. The van der Waals surface area contributed by atoms with Crippen LogP contribution in [0, 0.1) is 0 Å². The van der Waals surface area contributed by atoms with E-state index in [4.69, 9.17) is 0 Å². The quantitative estimate of drug-likeness (QED) is 0.710. The molecular weight excluding hydrogens is 186 g/mol. The van der Waals surface area contributed by atoms with E-state index in [0.29, 0.717) is 6.04 Å². The summed E-state index contributed by atoms with van der Waals surface area (Å²) in [7, 11) is 6.55. The first-order valence-electron chi connectivity index (χ1n) is 6.23. The molecule has 0 saturated carbocycles. The predicted octanol–water partition coefficient (Wildman–Crippen LogP) is 1.01. The van der Waals surface area contributed by atoms with Crippen LogP contribution in [0.15, 0.2) is 0 Å². The van der Waals surface area contributed by atoms with Crippen molar-refractivity contribution < 1.29 is 0 Å². The fourth-order valence-electron chi connectivity index (χ4n) is 2.44. The van der Waals surface area contributed by atoms with Gasteiger partial charge in [-0.05, 0) is 47.0 Å². The number of nitrogens with zero attached hydrogens (tertiary/aromatic N) is 2. The maximum atomic E-state index is 3.36. The molecule has 0 amide bonds. The molecule has 3 heteroatoms. The van der Waals surface area contributed by atoms with Crippen molar-refractivity contribution in [1.29, 1.82) is 0 Å². The molecule has 0 aromatic rings. The van der Waals surface area contributed by atoms with E-state index in [0.717, 1.165) is 12.6 Å². The minimum absolute atomic E-state index is 0.640. The topological polar surface area (TPSA) is 18.5 Å². The van der Waals surface area contributed by atoms with E-state index < -0.39 is 0 Å². The average Bonchev–Trinajstić information content (AvgIpc) is 2.61. The first-order chi connectivity index (χ1) is 7.17. The van der Waals surface area contributed by atoms with E-state index in [1.807, 2.05) is 0 Å². The van der Waals surface area contributed by atoms with Crippen molar-refractivity contribution in [3.8, 4) is 0 Å². The van der Waals surface area contributed by atoms with Crippen LogP contribution >= 0.6 is 0 Å². The summed E-state index contributed by atoms with van der Waals surface area (Å²) in [5.74, 6) is 0. The highest BCUT2D eigenvalue weighted by Gasteiger charge is 2.22. The lowest BCUT2D eigenvalue weighted by Gasteiger charge is -2.28. The molecule has 0 bridgehead atoms. The third-order valence-corrected chi connectivity index (χ3v) is 3.63. The largest absolute Gasteiger partial charge is 0.316 e. The molecule has 1 aliphatic rings. The van der Waals surface area contributed by atoms with Crippen LogP contribution < -0.4 is 5.32 Å². The monoisotopic (exact) mass is 213 g/mol. The molecule has 2 unspecified atom stereocenters. The number of hydrogen-bond acceptors (Lipinski definition) is 3. The highest BCUT2D eigenvalue weighted by Crippen LogP contribution is 2.15. The Balaban J connectivity index is 2.25. The molecule has 2 atom stereocenters. The van der Waals surface area contributed by atoms with Crippen LogP contribution in [0.25, 0.3) is 0 Å². The van der Waals surface area contributed by atoms with Crippen molar-refractivity contribution in [3.05, 3.63) is 0 Å². The van der Waals surface area contributed by atoms with Crippen molar-refractivity contribution in [2.45, 2.75) is 38.3 Å². The van der Waals surface area contributed by atoms with E-state index in [2.05, 4.69) is 43.2 Å². The summed E-state index contributed by atoms with van der Waals surface area (Å²) in [6.45, 7) is 5.91. The summed E-state index contributed by atoms with van der Waals surface area (Å²) >= 11 is 0. The molecule has 0 aromatic heterocycles. The summed E-state index contributed by atoms with van der Waals surface area (Å²) in [5.41, 5.74) is 0. The molecule has 0 radical (unpaired) electrons. The Labute approximate surface area is 94.8 Å². The second-order valence-electron chi connectivity index (χ2n) is 4.89. The standard InChI is InChI=1S/C12H27N3/c1-5-11(13-2)9-14(3)10-12-7-6-8-15(12)4/h11-13H,5-10H2,1-4H3.